The van der Waals surface area contributed by atoms with Crippen LogP contribution in [0.2, 0.25) is 0 Å². The molecule has 2 rings (SSSR count). The number of aryl methyl sites for hydroxylation is 1. The van der Waals surface area contributed by atoms with E-state index in [1.807, 2.05) is 0 Å². The second-order valence-electron chi connectivity index (χ2n) is 6.50. The van der Waals surface area contributed by atoms with E-state index in [0.29, 0.717) is 38.4 Å². The molecule has 0 unspecified atom stereocenters. The lowest BCUT2D eigenvalue weighted by atomic mass is 9.90. The van der Waals surface area contributed by atoms with Crippen LogP contribution < -0.4 is 5.32 Å². The Morgan fingerprint density at radius 3 is 2.45 bits per heavy atom. The van der Waals surface area contributed by atoms with Gasteiger partial charge in [0.1, 0.15) is 0 Å². The average Bonchev–Trinajstić information content (AvgIpc) is 2.54. The summed E-state index contributed by atoms with van der Waals surface area (Å²) in [5.74, 6) is 0.527. The molecule has 0 radical (unpaired) electrons. The Hall–Kier alpha value is -1.39. The Kier molecular flexibility index (Phi) is 5.98. The second-order valence-corrected chi connectivity index (χ2v) is 6.50. The summed E-state index contributed by atoms with van der Waals surface area (Å²) in [6.45, 7) is 5.51. The zero-order valence-corrected chi connectivity index (χ0v) is 13.6. The molecule has 1 aromatic rings. The summed E-state index contributed by atoms with van der Waals surface area (Å²) in [6.07, 6.45) is 2.53. The maximum absolute atomic E-state index is 12.2. The first-order chi connectivity index (χ1) is 10.5. The molecule has 1 aromatic carbocycles. The SMILES string of the molecule is CC(C)c1ccc(CCC(=O)NC2(CO)CCOCC2)cc1. The molecular formula is C18H27NO3. The first-order valence-electron chi connectivity index (χ1n) is 8.13. The van der Waals surface area contributed by atoms with Crippen molar-refractivity contribution >= 4 is 5.91 Å². The molecule has 1 aliphatic rings. The molecule has 0 bridgehead atoms. The lowest BCUT2D eigenvalue weighted by molar-refractivity contribution is -0.125. The number of carbonyl (C=O) groups is 1. The van der Waals surface area contributed by atoms with Gasteiger partial charge < -0.3 is 15.2 Å². The normalized spacial score (nSPS) is 17.5. The van der Waals surface area contributed by atoms with E-state index in [2.05, 4.69) is 43.4 Å². The molecule has 0 spiro atoms. The number of hydrogen-bond donors (Lipinski definition) is 2. The Morgan fingerprint density at radius 1 is 1.27 bits per heavy atom. The van der Waals surface area contributed by atoms with Crippen LogP contribution in [0.4, 0.5) is 0 Å². The largest absolute Gasteiger partial charge is 0.394 e. The van der Waals surface area contributed by atoms with E-state index in [4.69, 9.17) is 4.74 Å². The highest BCUT2D eigenvalue weighted by Crippen LogP contribution is 2.20. The highest BCUT2D eigenvalue weighted by molar-refractivity contribution is 5.77. The van der Waals surface area contributed by atoms with Crippen molar-refractivity contribution in [2.75, 3.05) is 19.8 Å². The molecule has 0 aromatic heterocycles. The zero-order valence-electron chi connectivity index (χ0n) is 13.6. The van der Waals surface area contributed by atoms with E-state index in [1.54, 1.807) is 0 Å². The van der Waals surface area contributed by atoms with Crippen LogP contribution in [0.25, 0.3) is 0 Å². The van der Waals surface area contributed by atoms with Crippen LogP contribution in [-0.2, 0) is 16.0 Å². The fourth-order valence-corrected chi connectivity index (χ4v) is 2.77. The summed E-state index contributed by atoms with van der Waals surface area (Å²) in [5, 5.41) is 12.6. The van der Waals surface area contributed by atoms with E-state index >= 15 is 0 Å². The summed E-state index contributed by atoms with van der Waals surface area (Å²) in [4.78, 5) is 12.2. The first kappa shape index (κ1) is 17.0. The average molecular weight is 305 g/mol. The maximum Gasteiger partial charge on any atom is 0.220 e. The molecule has 1 heterocycles. The number of carbonyl (C=O) groups excluding carboxylic acids is 1. The molecule has 0 aliphatic carbocycles. The fourth-order valence-electron chi connectivity index (χ4n) is 2.77. The van der Waals surface area contributed by atoms with E-state index in [9.17, 15) is 9.90 Å². The zero-order chi connectivity index (χ0) is 16.0. The van der Waals surface area contributed by atoms with E-state index in [-0.39, 0.29) is 12.5 Å². The first-order valence-corrected chi connectivity index (χ1v) is 8.13. The van der Waals surface area contributed by atoms with Crippen molar-refractivity contribution in [2.45, 2.75) is 51.0 Å². The third-order valence-electron chi connectivity index (χ3n) is 4.44. The molecule has 4 heteroatoms. The predicted octanol–water partition coefficient (Wildman–Crippen LogP) is 2.40. The second kappa shape index (κ2) is 7.75. The fraction of sp³-hybridized carbons (Fsp3) is 0.611. The minimum atomic E-state index is -0.489. The van der Waals surface area contributed by atoms with Crippen molar-refractivity contribution < 1.29 is 14.6 Å². The van der Waals surface area contributed by atoms with Crippen LogP contribution in [-0.4, -0.2) is 36.4 Å². The van der Waals surface area contributed by atoms with Gasteiger partial charge in [-0.3, -0.25) is 4.79 Å². The van der Waals surface area contributed by atoms with Gasteiger partial charge in [0, 0.05) is 19.6 Å². The molecular weight excluding hydrogens is 278 g/mol. The van der Waals surface area contributed by atoms with Crippen molar-refractivity contribution in [1.29, 1.82) is 0 Å². The predicted molar refractivity (Wildman–Crippen MR) is 86.9 cm³/mol. The molecule has 22 heavy (non-hydrogen) atoms. The minimum Gasteiger partial charge on any atom is -0.394 e. The van der Waals surface area contributed by atoms with Gasteiger partial charge in [-0.2, -0.15) is 0 Å². The van der Waals surface area contributed by atoms with Crippen molar-refractivity contribution in [3.8, 4) is 0 Å². The van der Waals surface area contributed by atoms with Crippen LogP contribution >= 0.6 is 0 Å². The van der Waals surface area contributed by atoms with Gasteiger partial charge in [0.2, 0.25) is 5.91 Å². The van der Waals surface area contributed by atoms with Gasteiger partial charge >= 0.3 is 0 Å². The molecule has 1 amide bonds. The standard InChI is InChI=1S/C18H27NO3/c1-14(2)16-6-3-15(4-7-16)5-8-17(21)19-18(13-20)9-11-22-12-10-18/h3-4,6-7,14,20H,5,8-13H2,1-2H3,(H,19,21). The number of ether oxygens (including phenoxy) is 1. The van der Waals surface area contributed by atoms with Gasteiger partial charge in [-0.15, -0.1) is 0 Å². The Labute approximate surface area is 132 Å². The van der Waals surface area contributed by atoms with Gasteiger partial charge in [-0.1, -0.05) is 38.1 Å². The number of hydrogen-bond acceptors (Lipinski definition) is 3. The lowest BCUT2D eigenvalue weighted by Crippen LogP contribution is -2.54. The van der Waals surface area contributed by atoms with E-state index < -0.39 is 5.54 Å². The quantitative estimate of drug-likeness (QED) is 0.848. The smallest absolute Gasteiger partial charge is 0.220 e. The molecule has 2 N–H and O–H groups in total. The van der Waals surface area contributed by atoms with Crippen molar-refractivity contribution in [1.82, 2.24) is 5.32 Å². The number of benzene rings is 1. The van der Waals surface area contributed by atoms with Crippen molar-refractivity contribution in [3.63, 3.8) is 0 Å². The highest BCUT2D eigenvalue weighted by atomic mass is 16.5. The van der Waals surface area contributed by atoms with Gasteiger partial charge in [0.25, 0.3) is 0 Å². The number of aliphatic hydroxyl groups excluding tert-OH is 1. The van der Waals surface area contributed by atoms with E-state index in [1.165, 1.54) is 11.1 Å². The number of rotatable bonds is 6. The Morgan fingerprint density at radius 2 is 1.91 bits per heavy atom. The third kappa shape index (κ3) is 4.55. The van der Waals surface area contributed by atoms with Gasteiger partial charge in [0.05, 0.1) is 12.1 Å². The third-order valence-corrected chi connectivity index (χ3v) is 4.44. The number of nitrogens with one attached hydrogen (secondary N) is 1. The van der Waals surface area contributed by atoms with Crippen molar-refractivity contribution in [3.05, 3.63) is 35.4 Å². The molecule has 1 saturated heterocycles. The summed E-state index contributed by atoms with van der Waals surface area (Å²) >= 11 is 0. The molecule has 1 fully saturated rings. The summed E-state index contributed by atoms with van der Waals surface area (Å²) in [5.41, 5.74) is 2.00. The van der Waals surface area contributed by atoms with Crippen LogP contribution in [0, 0.1) is 0 Å². The lowest BCUT2D eigenvalue weighted by Gasteiger charge is -2.36. The van der Waals surface area contributed by atoms with Crippen LogP contribution in [0.3, 0.4) is 0 Å². The van der Waals surface area contributed by atoms with E-state index in [0.717, 1.165) is 6.42 Å². The monoisotopic (exact) mass is 305 g/mol. The summed E-state index contributed by atoms with van der Waals surface area (Å²) in [6, 6.07) is 8.45. The van der Waals surface area contributed by atoms with Crippen molar-refractivity contribution in [2.24, 2.45) is 0 Å². The molecule has 0 atom stereocenters. The summed E-state index contributed by atoms with van der Waals surface area (Å²) < 4.78 is 5.31. The topological polar surface area (TPSA) is 58.6 Å². The van der Waals surface area contributed by atoms with Crippen LogP contribution in [0.5, 0.6) is 0 Å². The summed E-state index contributed by atoms with van der Waals surface area (Å²) in [7, 11) is 0. The minimum absolute atomic E-state index is 0.00360. The molecule has 0 saturated carbocycles. The Balaban J connectivity index is 1.84. The molecule has 4 nitrogen and oxygen atoms in total. The molecule has 1 aliphatic heterocycles. The highest BCUT2D eigenvalue weighted by Gasteiger charge is 2.33. The van der Waals surface area contributed by atoms with Crippen LogP contribution in [0.15, 0.2) is 24.3 Å². The molecule has 122 valence electrons. The number of aliphatic hydroxyl groups is 1. The van der Waals surface area contributed by atoms with Gasteiger partial charge in [0.15, 0.2) is 0 Å². The maximum atomic E-state index is 12.2. The Bertz CT molecular complexity index is 476. The van der Waals surface area contributed by atoms with Crippen LogP contribution in [0.1, 0.15) is 50.2 Å². The number of amides is 1. The van der Waals surface area contributed by atoms with Gasteiger partial charge in [-0.25, -0.2) is 0 Å². The van der Waals surface area contributed by atoms with Gasteiger partial charge in [-0.05, 0) is 36.3 Å².